The molecule has 0 aliphatic carbocycles. The van der Waals surface area contributed by atoms with Crippen molar-refractivity contribution in [2.24, 2.45) is 0 Å². The van der Waals surface area contributed by atoms with E-state index in [1.807, 2.05) is 19.9 Å². The van der Waals surface area contributed by atoms with Crippen molar-refractivity contribution in [1.29, 1.82) is 0 Å². The van der Waals surface area contributed by atoms with Gasteiger partial charge in [-0.3, -0.25) is 4.79 Å². The van der Waals surface area contributed by atoms with Crippen LogP contribution in [0.5, 0.6) is 17.2 Å². The fourth-order valence-corrected chi connectivity index (χ4v) is 2.76. The van der Waals surface area contributed by atoms with Crippen molar-refractivity contribution in [1.82, 2.24) is 0 Å². The van der Waals surface area contributed by atoms with Crippen LogP contribution in [0.15, 0.2) is 48.0 Å². The fourth-order valence-electron chi connectivity index (χ4n) is 2.76. The van der Waals surface area contributed by atoms with Gasteiger partial charge in [0.15, 0.2) is 5.78 Å². The maximum atomic E-state index is 12.5. The number of hydrogen-bond acceptors (Lipinski definition) is 4. The number of carbonyl (C=O) groups excluding carboxylic acids is 1. The number of phenolic OH excluding ortho intramolecular Hbond substituents is 2. The summed E-state index contributed by atoms with van der Waals surface area (Å²) >= 11 is 0. The zero-order valence-corrected chi connectivity index (χ0v) is 13.7. The number of ketones is 1. The Kier molecular flexibility index (Phi) is 4.30. The number of hydrogen-bond donors (Lipinski definition) is 2. The lowest BCUT2D eigenvalue weighted by Crippen LogP contribution is -2.20. The van der Waals surface area contributed by atoms with Crippen LogP contribution in [0.25, 0.3) is 0 Å². The highest BCUT2D eigenvalue weighted by atomic mass is 16.5. The predicted octanol–water partition coefficient (Wildman–Crippen LogP) is 4.31. The molecule has 3 rings (SSSR count). The number of carbonyl (C=O) groups is 1. The first-order chi connectivity index (χ1) is 11.4. The average molecular weight is 324 g/mol. The Balaban J connectivity index is 1.91. The highest BCUT2D eigenvalue weighted by Crippen LogP contribution is 2.38. The zero-order valence-electron chi connectivity index (χ0n) is 13.7. The number of phenols is 2. The first-order valence-corrected chi connectivity index (χ1v) is 7.92. The first-order valence-electron chi connectivity index (χ1n) is 7.92. The van der Waals surface area contributed by atoms with Crippen LogP contribution in [0.2, 0.25) is 0 Å². The van der Waals surface area contributed by atoms with E-state index in [-0.39, 0.29) is 23.7 Å². The summed E-state index contributed by atoms with van der Waals surface area (Å²) in [5.41, 5.74) is 3.21. The maximum absolute atomic E-state index is 12.5. The zero-order chi connectivity index (χ0) is 17.3. The number of rotatable bonds is 3. The number of Topliss-reactive ketones (excluding diaryl/α,β-unsaturated/α-hetero) is 1. The van der Waals surface area contributed by atoms with E-state index >= 15 is 0 Å². The van der Waals surface area contributed by atoms with Crippen LogP contribution in [0.4, 0.5) is 0 Å². The number of benzene rings is 2. The summed E-state index contributed by atoms with van der Waals surface area (Å²) < 4.78 is 5.91. The van der Waals surface area contributed by atoms with Gasteiger partial charge in [-0.05, 0) is 49.6 Å². The Morgan fingerprint density at radius 3 is 2.58 bits per heavy atom. The van der Waals surface area contributed by atoms with Crippen LogP contribution in [-0.4, -0.2) is 16.0 Å². The molecule has 0 spiro atoms. The largest absolute Gasteiger partial charge is 0.508 e. The van der Waals surface area contributed by atoms with Gasteiger partial charge in [-0.15, -0.1) is 0 Å². The van der Waals surface area contributed by atoms with Gasteiger partial charge in [0, 0.05) is 6.07 Å². The van der Waals surface area contributed by atoms with Crippen LogP contribution >= 0.6 is 0 Å². The van der Waals surface area contributed by atoms with Crippen molar-refractivity contribution in [2.45, 2.75) is 32.8 Å². The van der Waals surface area contributed by atoms with E-state index < -0.39 is 6.10 Å². The number of aromatic hydroxyl groups is 2. The molecular formula is C20H20O4. The average Bonchev–Trinajstić information content (AvgIpc) is 2.53. The maximum Gasteiger partial charge on any atom is 0.170 e. The van der Waals surface area contributed by atoms with Crippen LogP contribution < -0.4 is 4.74 Å². The highest BCUT2D eigenvalue weighted by Gasteiger charge is 2.28. The monoisotopic (exact) mass is 324 g/mol. The molecule has 1 aliphatic rings. The quantitative estimate of drug-likeness (QED) is 0.826. The summed E-state index contributed by atoms with van der Waals surface area (Å²) in [5, 5.41) is 19.6. The van der Waals surface area contributed by atoms with E-state index in [0.717, 1.165) is 16.7 Å². The van der Waals surface area contributed by atoms with E-state index in [2.05, 4.69) is 0 Å². The van der Waals surface area contributed by atoms with Crippen molar-refractivity contribution in [2.75, 3.05) is 0 Å². The van der Waals surface area contributed by atoms with Gasteiger partial charge in [0.2, 0.25) is 0 Å². The van der Waals surface area contributed by atoms with Gasteiger partial charge in [0.1, 0.15) is 23.4 Å². The minimum Gasteiger partial charge on any atom is -0.508 e. The topological polar surface area (TPSA) is 66.8 Å². The lowest BCUT2D eigenvalue weighted by molar-refractivity contribution is 0.0849. The third-order valence-corrected chi connectivity index (χ3v) is 4.12. The second kappa shape index (κ2) is 6.40. The molecular weight excluding hydrogens is 304 g/mol. The Bertz CT molecular complexity index is 799. The number of allylic oxidation sites excluding steroid dienone is 2. The van der Waals surface area contributed by atoms with Gasteiger partial charge < -0.3 is 14.9 Å². The fraction of sp³-hybridized carbons (Fsp3) is 0.250. The SMILES string of the molecule is CC(C)=CCc1cc2c(cc1O)O[C@@H](c1ccc(O)cc1)CC2=O. The number of fused-ring (bicyclic) bond motifs is 1. The van der Waals surface area contributed by atoms with E-state index in [1.165, 1.54) is 6.07 Å². The lowest BCUT2D eigenvalue weighted by atomic mass is 9.94. The summed E-state index contributed by atoms with van der Waals surface area (Å²) in [4.78, 5) is 12.5. The summed E-state index contributed by atoms with van der Waals surface area (Å²) in [6, 6.07) is 9.85. The molecule has 2 aromatic carbocycles. The Labute approximate surface area is 141 Å². The molecule has 0 bridgehead atoms. The molecule has 0 saturated carbocycles. The Morgan fingerprint density at radius 2 is 1.92 bits per heavy atom. The second-order valence-corrected chi connectivity index (χ2v) is 6.29. The van der Waals surface area contributed by atoms with Gasteiger partial charge >= 0.3 is 0 Å². The standard InChI is InChI=1S/C20H20O4/c1-12(2)3-4-14-9-16-18(23)11-19(24-20(16)10-17(14)22)13-5-7-15(21)8-6-13/h3,5-10,19,21-22H,4,11H2,1-2H3/t19-/m1/s1. The molecule has 2 aromatic rings. The second-order valence-electron chi connectivity index (χ2n) is 6.29. The minimum atomic E-state index is -0.409. The van der Waals surface area contributed by atoms with E-state index in [4.69, 9.17) is 4.74 Å². The molecule has 0 fully saturated rings. The molecule has 0 radical (unpaired) electrons. The smallest absolute Gasteiger partial charge is 0.170 e. The summed E-state index contributed by atoms with van der Waals surface area (Å²) in [5.74, 6) is 0.698. The Morgan fingerprint density at radius 1 is 1.21 bits per heavy atom. The van der Waals surface area contributed by atoms with Gasteiger partial charge in [0.05, 0.1) is 12.0 Å². The van der Waals surface area contributed by atoms with Gasteiger partial charge in [-0.1, -0.05) is 23.8 Å². The molecule has 124 valence electrons. The van der Waals surface area contributed by atoms with Gasteiger partial charge in [-0.25, -0.2) is 0 Å². The molecule has 2 N–H and O–H groups in total. The third-order valence-electron chi connectivity index (χ3n) is 4.12. The normalized spacial score (nSPS) is 16.2. The van der Waals surface area contributed by atoms with E-state index in [9.17, 15) is 15.0 Å². The minimum absolute atomic E-state index is 0.00669. The number of ether oxygens (including phenoxy) is 1. The van der Waals surface area contributed by atoms with E-state index in [1.54, 1.807) is 30.3 Å². The van der Waals surface area contributed by atoms with Crippen LogP contribution in [0.3, 0.4) is 0 Å². The molecule has 1 atom stereocenters. The molecule has 1 aliphatic heterocycles. The molecule has 1 heterocycles. The molecule has 0 saturated heterocycles. The highest BCUT2D eigenvalue weighted by molar-refractivity contribution is 6.00. The molecule has 0 aromatic heterocycles. The van der Waals surface area contributed by atoms with Crippen LogP contribution in [0.1, 0.15) is 47.9 Å². The predicted molar refractivity (Wildman–Crippen MR) is 91.7 cm³/mol. The lowest BCUT2D eigenvalue weighted by Gasteiger charge is -2.26. The van der Waals surface area contributed by atoms with E-state index in [0.29, 0.717) is 17.7 Å². The molecule has 0 amide bonds. The summed E-state index contributed by atoms with van der Waals surface area (Å²) in [7, 11) is 0. The third kappa shape index (κ3) is 3.27. The van der Waals surface area contributed by atoms with Crippen molar-refractivity contribution in [3.63, 3.8) is 0 Å². The Hall–Kier alpha value is -2.75. The van der Waals surface area contributed by atoms with Crippen molar-refractivity contribution < 1.29 is 19.7 Å². The molecule has 4 nitrogen and oxygen atoms in total. The summed E-state index contributed by atoms with van der Waals surface area (Å²) in [6.45, 7) is 3.98. The summed E-state index contributed by atoms with van der Waals surface area (Å²) in [6.07, 6.45) is 2.42. The van der Waals surface area contributed by atoms with Gasteiger partial charge in [-0.2, -0.15) is 0 Å². The van der Waals surface area contributed by atoms with Crippen LogP contribution in [-0.2, 0) is 6.42 Å². The molecule has 24 heavy (non-hydrogen) atoms. The first kappa shape index (κ1) is 16.1. The van der Waals surface area contributed by atoms with Crippen molar-refractivity contribution in [3.8, 4) is 17.2 Å². The van der Waals surface area contributed by atoms with Crippen molar-refractivity contribution >= 4 is 5.78 Å². The van der Waals surface area contributed by atoms with Gasteiger partial charge in [0.25, 0.3) is 0 Å². The van der Waals surface area contributed by atoms with Crippen molar-refractivity contribution in [3.05, 3.63) is 64.7 Å². The van der Waals surface area contributed by atoms with Crippen LogP contribution in [0, 0.1) is 0 Å². The molecule has 4 heteroatoms. The molecule has 0 unspecified atom stereocenters.